The molecule has 48 heavy (non-hydrogen) atoms. The number of benzene rings is 1. The van der Waals surface area contributed by atoms with E-state index >= 15 is 0 Å². The minimum atomic E-state index is -2.13. The van der Waals surface area contributed by atoms with Gasteiger partial charge in [-0.2, -0.15) is 0 Å². The number of hydrogen-bond acceptors (Lipinski definition) is 8. The molecule has 1 aromatic carbocycles. The van der Waals surface area contributed by atoms with E-state index in [0.717, 1.165) is 5.56 Å². The van der Waals surface area contributed by atoms with Crippen molar-refractivity contribution >= 4 is 32.2 Å². The van der Waals surface area contributed by atoms with Crippen molar-refractivity contribution in [3.8, 4) is 5.75 Å². The molecular weight excluding hydrogens is 629 g/mol. The van der Waals surface area contributed by atoms with Crippen molar-refractivity contribution in [2.45, 2.75) is 110 Å². The van der Waals surface area contributed by atoms with E-state index < -0.39 is 50.0 Å². The fourth-order valence-electron chi connectivity index (χ4n) is 4.70. The van der Waals surface area contributed by atoms with E-state index in [1.54, 1.807) is 51.7 Å². The van der Waals surface area contributed by atoms with Crippen LogP contribution in [0.25, 0.3) is 0 Å². The van der Waals surface area contributed by atoms with Crippen molar-refractivity contribution in [3.05, 3.63) is 54.6 Å². The minimum Gasteiger partial charge on any atom is -0.543 e. The van der Waals surface area contributed by atoms with Crippen LogP contribution in [0.15, 0.2) is 49.1 Å². The summed E-state index contributed by atoms with van der Waals surface area (Å²) in [5, 5.41) is 8.71. The Bertz CT molecular complexity index is 1300. The topological polar surface area (TPSA) is 135 Å². The maximum absolute atomic E-state index is 14.2. The summed E-state index contributed by atoms with van der Waals surface area (Å²) >= 11 is 0. The quantitative estimate of drug-likeness (QED) is 0.106. The van der Waals surface area contributed by atoms with E-state index in [4.69, 9.17) is 13.9 Å². The molecule has 1 fully saturated rings. The van der Waals surface area contributed by atoms with E-state index in [2.05, 4.69) is 56.4 Å². The molecule has 0 spiro atoms. The summed E-state index contributed by atoms with van der Waals surface area (Å²) in [6, 6.07) is 4.93. The van der Waals surface area contributed by atoms with Gasteiger partial charge in [-0.3, -0.25) is 14.4 Å². The SMILES string of the molecule is C=CC=CCCOC(=O)[C@@H]1CN(C(=O)[C@H](Cc2cccc(O[Si](C)(C)C(C)(C)C)c2)NC(=O)[C@@H](NC(=O)OC(C)(C)C)C(C)C)CCN1. The Kier molecular flexibility index (Phi) is 14.9. The summed E-state index contributed by atoms with van der Waals surface area (Å²) in [5.41, 5.74) is 0.0464. The average molecular weight is 687 g/mol. The summed E-state index contributed by atoms with van der Waals surface area (Å²) in [4.78, 5) is 54.9. The molecule has 0 radical (unpaired) electrons. The third-order valence-electron chi connectivity index (χ3n) is 8.33. The summed E-state index contributed by atoms with van der Waals surface area (Å²) in [6.07, 6.45) is 5.28. The van der Waals surface area contributed by atoms with Crippen molar-refractivity contribution in [1.82, 2.24) is 20.9 Å². The number of hydrogen-bond donors (Lipinski definition) is 3. The Balaban J connectivity index is 2.33. The second kappa shape index (κ2) is 17.7. The van der Waals surface area contributed by atoms with Gasteiger partial charge in [-0.05, 0) is 68.9 Å². The predicted molar refractivity (Wildman–Crippen MR) is 191 cm³/mol. The Morgan fingerprint density at radius 2 is 1.79 bits per heavy atom. The first-order valence-corrected chi connectivity index (χ1v) is 19.7. The number of nitrogens with one attached hydrogen (secondary N) is 3. The van der Waals surface area contributed by atoms with Crippen molar-refractivity contribution in [2.24, 2.45) is 5.92 Å². The van der Waals surface area contributed by atoms with Gasteiger partial charge in [-0.25, -0.2) is 4.79 Å². The maximum Gasteiger partial charge on any atom is 0.408 e. The summed E-state index contributed by atoms with van der Waals surface area (Å²) in [7, 11) is -2.13. The number of amides is 3. The maximum atomic E-state index is 14.2. The van der Waals surface area contributed by atoms with Crippen LogP contribution in [0.5, 0.6) is 5.75 Å². The number of ether oxygens (including phenoxy) is 2. The average Bonchev–Trinajstić information content (AvgIpc) is 2.97. The van der Waals surface area contributed by atoms with E-state index in [1.165, 1.54) is 0 Å². The number of alkyl carbamates (subject to hydrolysis) is 1. The molecule has 3 amide bonds. The third kappa shape index (κ3) is 13.1. The van der Waals surface area contributed by atoms with Gasteiger partial charge < -0.3 is 34.8 Å². The second-order valence-electron chi connectivity index (χ2n) is 15.1. The highest BCUT2D eigenvalue weighted by Gasteiger charge is 2.39. The van der Waals surface area contributed by atoms with E-state index in [-0.39, 0.29) is 36.4 Å². The number of carbonyl (C=O) groups is 4. The Morgan fingerprint density at radius 3 is 2.40 bits per heavy atom. The van der Waals surface area contributed by atoms with Gasteiger partial charge in [0.25, 0.3) is 0 Å². The lowest BCUT2D eigenvalue weighted by Crippen LogP contribution is -2.61. The molecule has 1 aliphatic rings. The molecule has 1 saturated heterocycles. The van der Waals surface area contributed by atoms with Crippen LogP contribution in [0.1, 0.15) is 67.4 Å². The standard InChI is InChI=1S/C36H58N4O7Si/c1-12-13-14-15-21-45-33(43)29-24-40(20-19-37-29)32(42)28(38-31(41)30(25(2)3)39-34(44)46-35(4,5)6)23-26-17-16-18-27(22-26)47-48(10,11)36(7,8)9/h12-14,16-18,22,25,28-30,37H,1,15,19-21,23-24H2,2-11H3,(H,38,41)(H,39,44)/t28-,29-,30-/m0/s1. The van der Waals surface area contributed by atoms with Gasteiger partial charge in [-0.1, -0.05) is 71.6 Å². The fourth-order valence-corrected chi connectivity index (χ4v) is 5.72. The van der Waals surface area contributed by atoms with E-state index in [0.29, 0.717) is 25.3 Å². The number of allylic oxidation sites excluding steroid dienone is 2. The highest BCUT2D eigenvalue weighted by molar-refractivity contribution is 6.74. The third-order valence-corrected chi connectivity index (χ3v) is 12.7. The lowest BCUT2D eigenvalue weighted by atomic mass is 10.0. The molecule has 1 heterocycles. The van der Waals surface area contributed by atoms with Crippen molar-refractivity contribution in [2.75, 3.05) is 26.2 Å². The second-order valence-corrected chi connectivity index (χ2v) is 19.8. The van der Waals surface area contributed by atoms with Crippen LogP contribution in [-0.4, -0.2) is 87.1 Å². The normalized spacial score (nSPS) is 17.0. The molecule has 3 N–H and O–H groups in total. The van der Waals surface area contributed by atoms with Crippen LogP contribution in [0.3, 0.4) is 0 Å². The first-order valence-electron chi connectivity index (χ1n) is 16.8. The smallest absolute Gasteiger partial charge is 0.408 e. The molecule has 0 saturated carbocycles. The number of carbonyl (C=O) groups excluding carboxylic acids is 4. The van der Waals surface area contributed by atoms with Gasteiger partial charge in [0.2, 0.25) is 20.1 Å². The van der Waals surface area contributed by atoms with Crippen molar-refractivity contribution < 1.29 is 33.1 Å². The molecule has 0 aliphatic carbocycles. The van der Waals surface area contributed by atoms with Crippen LogP contribution < -0.4 is 20.4 Å². The highest BCUT2D eigenvalue weighted by atomic mass is 28.4. The molecule has 12 heteroatoms. The Morgan fingerprint density at radius 1 is 1.10 bits per heavy atom. The molecule has 2 rings (SSSR count). The monoisotopic (exact) mass is 686 g/mol. The van der Waals surface area contributed by atoms with Crippen LogP contribution in [0, 0.1) is 5.92 Å². The molecule has 11 nitrogen and oxygen atoms in total. The first-order chi connectivity index (χ1) is 22.2. The summed E-state index contributed by atoms with van der Waals surface area (Å²) < 4.78 is 17.3. The highest BCUT2D eigenvalue weighted by Crippen LogP contribution is 2.37. The van der Waals surface area contributed by atoms with Crippen LogP contribution >= 0.6 is 0 Å². The predicted octanol–water partition coefficient (Wildman–Crippen LogP) is 5.12. The molecule has 3 atom stereocenters. The Labute approximate surface area is 288 Å². The van der Waals surface area contributed by atoms with Gasteiger partial charge >= 0.3 is 12.1 Å². The Hall–Kier alpha value is -3.64. The van der Waals surface area contributed by atoms with Crippen molar-refractivity contribution in [1.29, 1.82) is 0 Å². The molecule has 0 unspecified atom stereocenters. The minimum absolute atomic E-state index is 0.00917. The van der Waals surface area contributed by atoms with Crippen molar-refractivity contribution in [3.63, 3.8) is 0 Å². The zero-order chi connectivity index (χ0) is 36.3. The molecular formula is C36H58N4O7Si. The zero-order valence-corrected chi connectivity index (χ0v) is 31.6. The van der Waals surface area contributed by atoms with Gasteiger partial charge in [-0.15, -0.1) is 0 Å². The summed E-state index contributed by atoms with van der Waals surface area (Å²) in [6.45, 7) is 24.3. The molecule has 1 aliphatic heterocycles. The van der Waals surface area contributed by atoms with E-state index in [9.17, 15) is 19.2 Å². The lowest BCUT2D eigenvalue weighted by Gasteiger charge is -2.36. The van der Waals surface area contributed by atoms with Gasteiger partial charge in [0.15, 0.2) is 0 Å². The number of esters is 1. The van der Waals surface area contributed by atoms with E-state index in [1.807, 2.05) is 30.3 Å². The van der Waals surface area contributed by atoms with Crippen LogP contribution in [-0.2, 0) is 30.3 Å². The number of rotatable bonds is 14. The lowest BCUT2D eigenvalue weighted by molar-refractivity contribution is -0.149. The van der Waals surface area contributed by atoms with Crippen LogP contribution in [0.4, 0.5) is 4.79 Å². The van der Waals surface area contributed by atoms with Gasteiger partial charge in [0, 0.05) is 26.1 Å². The molecule has 0 bridgehead atoms. The number of piperazine rings is 1. The number of nitrogens with zero attached hydrogens (tertiary/aromatic N) is 1. The van der Waals surface area contributed by atoms with Gasteiger partial charge in [0.1, 0.15) is 29.5 Å². The zero-order valence-electron chi connectivity index (χ0n) is 30.6. The summed E-state index contributed by atoms with van der Waals surface area (Å²) in [5.74, 6) is -0.893. The molecule has 1 aromatic rings. The van der Waals surface area contributed by atoms with Gasteiger partial charge in [0.05, 0.1) is 6.61 Å². The molecule has 268 valence electrons. The fraction of sp³-hybridized carbons (Fsp3) is 0.611. The first kappa shape index (κ1) is 40.5. The largest absolute Gasteiger partial charge is 0.543 e. The molecule has 0 aromatic heterocycles. The van der Waals surface area contributed by atoms with Crippen LogP contribution in [0.2, 0.25) is 18.1 Å².